The summed E-state index contributed by atoms with van der Waals surface area (Å²) in [7, 11) is 0. The topological polar surface area (TPSA) is 85.4 Å². The number of furan rings is 1. The Labute approximate surface area is 87.1 Å². The second-order valence-electron chi connectivity index (χ2n) is 3.44. The van der Waals surface area contributed by atoms with E-state index in [9.17, 15) is 5.11 Å². The van der Waals surface area contributed by atoms with Crippen molar-refractivity contribution in [3.63, 3.8) is 0 Å². The second kappa shape index (κ2) is 3.57. The summed E-state index contributed by atoms with van der Waals surface area (Å²) in [6.45, 7) is 0. The molecular formula is C11H12N2O2. The van der Waals surface area contributed by atoms with Gasteiger partial charge in [0.25, 0.3) is 5.95 Å². The van der Waals surface area contributed by atoms with Crippen molar-refractivity contribution in [1.29, 1.82) is 0 Å². The van der Waals surface area contributed by atoms with Crippen molar-refractivity contribution in [1.82, 2.24) is 0 Å². The van der Waals surface area contributed by atoms with Crippen LogP contribution in [0.25, 0.3) is 0 Å². The summed E-state index contributed by atoms with van der Waals surface area (Å²) in [6, 6.07) is 7.05. The van der Waals surface area contributed by atoms with Crippen molar-refractivity contribution in [3.05, 3.63) is 41.7 Å². The molecule has 0 fully saturated rings. The Hall–Kier alpha value is -2.10. The van der Waals surface area contributed by atoms with Gasteiger partial charge in [-0.25, -0.2) is 0 Å². The van der Waals surface area contributed by atoms with Gasteiger partial charge in [-0.3, -0.25) is 0 Å². The van der Waals surface area contributed by atoms with E-state index in [4.69, 9.17) is 15.9 Å². The molecular weight excluding hydrogens is 192 g/mol. The molecule has 2 aromatic rings. The third-order valence-electron chi connectivity index (χ3n) is 2.16. The predicted molar refractivity (Wildman–Crippen MR) is 58.4 cm³/mol. The monoisotopic (exact) mass is 204 g/mol. The fourth-order valence-corrected chi connectivity index (χ4v) is 1.53. The lowest BCUT2D eigenvalue weighted by Crippen LogP contribution is -1.94. The van der Waals surface area contributed by atoms with E-state index in [-0.39, 0.29) is 5.95 Å². The molecule has 1 aromatic heterocycles. The Morgan fingerprint density at radius 1 is 1.13 bits per heavy atom. The van der Waals surface area contributed by atoms with E-state index in [0.29, 0.717) is 17.8 Å². The lowest BCUT2D eigenvalue weighted by molar-refractivity contribution is 0.328. The number of rotatable bonds is 2. The number of anilines is 2. The molecule has 0 aliphatic heterocycles. The van der Waals surface area contributed by atoms with Crippen LogP contribution in [0.15, 0.2) is 34.9 Å². The van der Waals surface area contributed by atoms with Gasteiger partial charge < -0.3 is 21.0 Å². The minimum atomic E-state index is -0.0593. The van der Waals surface area contributed by atoms with Crippen LogP contribution in [0.1, 0.15) is 11.1 Å². The normalized spacial score (nSPS) is 10.4. The standard InChI is InChI=1S/C11H12N2O2/c12-9-4-7(5-10(13)6-9)3-8-1-2-15-11(8)14/h1-2,4-6,14H,3,12-13H2. The van der Waals surface area contributed by atoms with Crippen LogP contribution in [0.5, 0.6) is 5.95 Å². The molecule has 1 heterocycles. The van der Waals surface area contributed by atoms with Gasteiger partial charge in [0.1, 0.15) is 0 Å². The molecule has 15 heavy (non-hydrogen) atoms. The summed E-state index contributed by atoms with van der Waals surface area (Å²) >= 11 is 0. The first kappa shape index (κ1) is 9.45. The molecule has 0 unspecified atom stereocenters. The molecule has 0 saturated carbocycles. The number of nitrogens with two attached hydrogens (primary N) is 2. The first-order valence-corrected chi connectivity index (χ1v) is 4.55. The molecule has 0 aliphatic carbocycles. The Morgan fingerprint density at radius 2 is 1.80 bits per heavy atom. The highest BCUT2D eigenvalue weighted by molar-refractivity contribution is 5.55. The van der Waals surface area contributed by atoms with Crippen molar-refractivity contribution in [2.24, 2.45) is 0 Å². The Kier molecular flexibility index (Phi) is 2.25. The molecule has 0 saturated heterocycles. The first-order chi connectivity index (χ1) is 7.15. The second-order valence-corrected chi connectivity index (χ2v) is 3.44. The predicted octanol–water partition coefficient (Wildman–Crippen LogP) is 1.74. The van der Waals surface area contributed by atoms with Gasteiger partial charge in [-0.15, -0.1) is 0 Å². The molecule has 0 bridgehead atoms. The Morgan fingerprint density at radius 3 is 2.33 bits per heavy atom. The van der Waals surface area contributed by atoms with E-state index in [2.05, 4.69) is 0 Å². The summed E-state index contributed by atoms with van der Waals surface area (Å²) in [5.74, 6) is -0.0593. The van der Waals surface area contributed by atoms with Crippen LogP contribution in [0, 0.1) is 0 Å². The molecule has 2 rings (SSSR count). The SMILES string of the molecule is Nc1cc(N)cc(Cc2ccoc2O)c1. The van der Waals surface area contributed by atoms with Gasteiger partial charge in [0.2, 0.25) is 0 Å². The molecule has 0 radical (unpaired) electrons. The third-order valence-corrected chi connectivity index (χ3v) is 2.16. The van der Waals surface area contributed by atoms with Gasteiger partial charge in [0.05, 0.1) is 6.26 Å². The average Bonchev–Trinajstić information content (AvgIpc) is 2.50. The molecule has 0 amide bonds. The van der Waals surface area contributed by atoms with Gasteiger partial charge in [-0.1, -0.05) is 0 Å². The van der Waals surface area contributed by atoms with Crippen LogP contribution in [-0.2, 0) is 6.42 Å². The highest BCUT2D eigenvalue weighted by Crippen LogP contribution is 2.23. The van der Waals surface area contributed by atoms with E-state index in [0.717, 1.165) is 11.1 Å². The molecule has 0 atom stereocenters. The van der Waals surface area contributed by atoms with E-state index in [1.165, 1.54) is 6.26 Å². The lowest BCUT2D eigenvalue weighted by Gasteiger charge is -2.03. The molecule has 1 aromatic carbocycles. The zero-order valence-electron chi connectivity index (χ0n) is 8.10. The lowest BCUT2D eigenvalue weighted by atomic mass is 10.1. The summed E-state index contributed by atoms with van der Waals surface area (Å²) in [5, 5.41) is 9.32. The van der Waals surface area contributed by atoms with Crippen LogP contribution in [-0.4, -0.2) is 5.11 Å². The van der Waals surface area contributed by atoms with Gasteiger partial charge in [0, 0.05) is 23.4 Å². The van der Waals surface area contributed by atoms with E-state index in [1.807, 2.05) is 12.1 Å². The maximum Gasteiger partial charge on any atom is 0.285 e. The smallest absolute Gasteiger partial charge is 0.285 e. The Balaban J connectivity index is 2.28. The zero-order chi connectivity index (χ0) is 10.8. The van der Waals surface area contributed by atoms with Crippen molar-refractivity contribution < 1.29 is 9.52 Å². The average molecular weight is 204 g/mol. The largest absolute Gasteiger partial charge is 0.481 e. The van der Waals surface area contributed by atoms with Gasteiger partial charge in [0.15, 0.2) is 0 Å². The maximum atomic E-state index is 9.32. The minimum Gasteiger partial charge on any atom is -0.481 e. The molecule has 5 N–H and O–H groups in total. The molecule has 78 valence electrons. The summed E-state index contributed by atoms with van der Waals surface area (Å²) < 4.78 is 4.79. The number of benzene rings is 1. The Bertz CT molecular complexity index is 457. The molecule has 4 nitrogen and oxygen atoms in total. The van der Waals surface area contributed by atoms with Crippen LogP contribution >= 0.6 is 0 Å². The highest BCUT2D eigenvalue weighted by Gasteiger charge is 2.06. The number of hydrogen-bond acceptors (Lipinski definition) is 4. The van der Waals surface area contributed by atoms with Gasteiger partial charge in [-0.05, 0) is 29.8 Å². The first-order valence-electron chi connectivity index (χ1n) is 4.55. The summed E-state index contributed by atoms with van der Waals surface area (Å²) in [6.07, 6.45) is 2.00. The van der Waals surface area contributed by atoms with Gasteiger partial charge in [-0.2, -0.15) is 0 Å². The molecule has 0 aliphatic rings. The number of nitrogen functional groups attached to an aromatic ring is 2. The minimum absolute atomic E-state index is 0.0593. The van der Waals surface area contributed by atoms with Crippen LogP contribution in [0.4, 0.5) is 11.4 Å². The van der Waals surface area contributed by atoms with Crippen LogP contribution in [0.3, 0.4) is 0 Å². The van der Waals surface area contributed by atoms with Crippen molar-refractivity contribution in [2.75, 3.05) is 11.5 Å². The van der Waals surface area contributed by atoms with Crippen LogP contribution < -0.4 is 11.5 Å². The summed E-state index contributed by atoms with van der Waals surface area (Å²) in [4.78, 5) is 0. The highest BCUT2D eigenvalue weighted by atomic mass is 16.5. The number of aromatic hydroxyl groups is 1. The van der Waals surface area contributed by atoms with E-state index >= 15 is 0 Å². The van der Waals surface area contributed by atoms with Crippen LogP contribution in [0.2, 0.25) is 0 Å². The zero-order valence-corrected chi connectivity index (χ0v) is 8.10. The number of hydrogen-bond donors (Lipinski definition) is 3. The van der Waals surface area contributed by atoms with E-state index in [1.54, 1.807) is 12.1 Å². The van der Waals surface area contributed by atoms with Crippen molar-refractivity contribution in [2.45, 2.75) is 6.42 Å². The van der Waals surface area contributed by atoms with Crippen molar-refractivity contribution >= 4 is 11.4 Å². The molecule has 0 spiro atoms. The third kappa shape index (κ3) is 2.04. The van der Waals surface area contributed by atoms with Gasteiger partial charge >= 0.3 is 0 Å². The molecule has 4 heteroatoms. The fraction of sp³-hybridized carbons (Fsp3) is 0.0909. The fourth-order valence-electron chi connectivity index (χ4n) is 1.53. The van der Waals surface area contributed by atoms with Crippen molar-refractivity contribution in [3.8, 4) is 5.95 Å². The maximum absolute atomic E-state index is 9.32. The summed E-state index contributed by atoms with van der Waals surface area (Å²) in [5.41, 5.74) is 14.2. The van der Waals surface area contributed by atoms with E-state index < -0.39 is 0 Å². The quantitative estimate of drug-likeness (QED) is 0.650.